The maximum absolute atomic E-state index is 11.5. The van der Waals surface area contributed by atoms with Gasteiger partial charge in [0.15, 0.2) is 0 Å². The molecule has 0 saturated carbocycles. The number of rotatable bonds is 6. The maximum Gasteiger partial charge on any atom is 0.320 e. The van der Waals surface area contributed by atoms with Crippen molar-refractivity contribution in [3.63, 3.8) is 0 Å². The fourth-order valence-electron chi connectivity index (χ4n) is 0.490. The highest BCUT2D eigenvalue weighted by Crippen LogP contribution is 2.03. The molecule has 0 heterocycles. The standard InChI is InChI=1S/C6H12FNO2S.ClH/c7-2-4-11-3-1-5(8)6(9)10;/h5H,1-4,8H2,(H,9,10);1H/t5-;/m0./s1. The summed E-state index contributed by atoms with van der Waals surface area (Å²) in [6.45, 7) is -0.368. The predicted molar refractivity (Wildman–Crippen MR) is 50.8 cm³/mol. The lowest BCUT2D eigenvalue weighted by Crippen LogP contribution is -2.30. The molecular weight excluding hydrogens is 205 g/mol. The van der Waals surface area contributed by atoms with Crippen molar-refractivity contribution in [3.8, 4) is 0 Å². The molecule has 0 aromatic rings. The monoisotopic (exact) mass is 217 g/mol. The van der Waals surface area contributed by atoms with E-state index < -0.39 is 12.0 Å². The van der Waals surface area contributed by atoms with Crippen molar-refractivity contribution in [2.45, 2.75) is 12.5 Å². The molecular formula is C6H13ClFNO2S. The molecule has 0 bridgehead atoms. The van der Waals surface area contributed by atoms with Crippen LogP contribution in [0, 0.1) is 0 Å². The van der Waals surface area contributed by atoms with Crippen molar-refractivity contribution in [1.82, 2.24) is 0 Å². The Morgan fingerprint density at radius 1 is 1.58 bits per heavy atom. The van der Waals surface area contributed by atoms with Crippen LogP contribution in [0.15, 0.2) is 0 Å². The van der Waals surface area contributed by atoms with Crippen LogP contribution in [-0.2, 0) is 4.79 Å². The number of carboxylic acid groups (broad SMARTS) is 1. The lowest BCUT2D eigenvalue weighted by atomic mass is 10.2. The van der Waals surface area contributed by atoms with Crippen LogP contribution in [0.3, 0.4) is 0 Å². The highest BCUT2D eigenvalue weighted by Gasteiger charge is 2.09. The topological polar surface area (TPSA) is 63.3 Å². The summed E-state index contributed by atoms with van der Waals surface area (Å²) >= 11 is 1.38. The number of halogens is 2. The van der Waals surface area contributed by atoms with Gasteiger partial charge in [-0.2, -0.15) is 11.8 Å². The number of hydrogen-bond donors (Lipinski definition) is 2. The Morgan fingerprint density at radius 2 is 2.17 bits per heavy atom. The average molecular weight is 218 g/mol. The van der Waals surface area contributed by atoms with Crippen molar-refractivity contribution in [3.05, 3.63) is 0 Å². The summed E-state index contributed by atoms with van der Waals surface area (Å²) in [5.74, 6) is 0.0369. The van der Waals surface area contributed by atoms with Crippen LogP contribution < -0.4 is 5.73 Å². The Bertz CT molecular complexity index is 128. The molecule has 0 rings (SSSR count). The lowest BCUT2D eigenvalue weighted by molar-refractivity contribution is -0.138. The maximum atomic E-state index is 11.5. The summed E-state index contributed by atoms with van der Waals surface area (Å²) in [5, 5.41) is 8.33. The zero-order valence-corrected chi connectivity index (χ0v) is 8.17. The van der Waals surface area contributed by atoms with E-state index in [-0.39, 0.29) is 19.1 Å². The minimum atomic E-state index is -0.995. The van der Waals surface area contributed by atoms with Gasteiger partial charge in [-0.05, 0) is 12.2 Å². The number of alkyl halides is 1. The zero-order chi connectivity index (χ0) is 8.69. The Morgan fingerprint density at radius 3 is 2.58 bits per heavy atom. The van der Waals surface area contributed by atoms with E-state index in [0.29, 0.717) is 17.9 Å². The molecule has 12 heavy (non-hydrogen) atoms. The minimum Gasteiger partial charge on any atom is -0.480 e. The van der Waals surface area contributed by atoms with Gasteiger partial charge in [-0.15, -0.1) is 12.4 Å². The van der Waals surface area contributed by atoms with E-state index in [2.05, 4.69) is 0 Å². The zero-order valence-electron chi connectivity index (χ0n) is 6.53. The van der Waals surface area contributed by atoms with E-state index in [4.69, 9.17) is 10.8 Å². The molecule has 0 aromatic carbocycles. The van der Waals surface area contributed by atoms with Gasteiger partial charge >= 0.3 is 5.97 Å². The molecule has 1 atom stereocenters. The largest absolute Gasteiger partial charge is 0.480 e. The van der Waals surface area contributed by atoms with Crippen LogP contribution in [0.25, 0.3) is 0 Å². The fourth-order valence-corrected chi connectivity index (χ4v) is 1.22. The molecule has 74 valence electrons. The highest BCUT2D eigenvalue weighted by atomic mass is 35.5. The van der Waals surface area contributed by atoms with Gasteiger partial charge < -0.3 is 10.8 Å². The minimum absolute atomic E-state index is 0. The van der Waals surface area contributed by atoms with Crippen LogP contribution in [0.5, 0.6) is 0 Å². The van der Waals surface area contributed by atoms with Gasteiger partial charge in [0, 0.05) is 5.75 Å². The second kappa shape index (κ2) is 9.09. The lowest BCUT2D eigenvalue weighted by Gasteiger charge is -2.03. The molecule has 0 aromatic heterocycles. The van der Waals surface area contributed by atoms with Crippen molar-refractivity contribution in [2.24, 2.45) is 5.73 Å². The molecule has 0 spiro atoms. The second-order valence-corrected chi connectivity index (χ2v) is 3.26. The van der Waals surface area contributed by atoms with Crippen molar-refractivity contribution < 1.29 is 14.3 Å². The number of thioether (sulfide) groups is 1. The van der Waals surface area contributed by atoms with Crippen LogP contribution in [0.1, 0.15) is 6.42 Å². The summed E-state index contributed by atoms with van der Waals surface area (Å²) < 4.78 is 11.5. The third-order valence-electron chi connectivity index (χ3n) is 1.11. The van der Waals surface area contributed by atoms with E-state index in [1.165, 1.54) is 11.8 Å². The Kier molecular flexibility index (Phi) is 11.0. The predicted octanol–water partition coefficient (Wildman–Crippen LogP) is 0.913. The summed E-state index contributed by atoms with van der Waals surface area (Å²) in [6, 6.07) is -0.804. The van der Waals surface area contributed by atoms with Gasteiger partial charge in [0.05, 0.1) is 6.67 Å². The molecule has 0 amide bonds. The smallest absolute Gasteiger partial charge is 0.320 e. The van der Waals surface area contributed by atoms with Crippen molar-refractivity contribution in [2.75, 3.05) is 18.2 Å². The third-order valence-corrected chi connectivity index (χ3v) is 2.08. The van der Waals surface area contributed by atoms with Gasteiger partial charge in [0.1, 0.15) is 6.04 Å². The van der Waals surface area contributed by atoms with Crippen molar-refractivity contribution >= 4 is 30.1 Å². The van der Waals surface area contributed by atoms with E-state index in [0.717, 1.165) is 0 Å². The average Bonchev–Trinajstić information content (AvgIpc) is 1.97. The van der Waals surface area contributed by atoms with E-state index in [1.807, 2.05) is 0 Å². The first-order valence-corrected chi connectivity index (χ1v) is 4.46. The number of hydrogen-bond acceptors (Lipinski definition) is 3. The van der Waals surface area contributed by atoms with Gasteiger partial charge in [-0.1, -0.05) is 0 Å². The fraction of sp³-hybridized carbons (Fsp3) is 0.833. The number of carboxylic acids is 1. The number of aliphatic carboxylic acids is 1. The number of nitrogens with two attached hydrogens (primary N) is 1. The Balaban J connectivity index is 0. The van der Waals surface area contributed by atoms with E-state index in [9.17, 15) is 9.18 Å². The quantitative estimate of drug-likeness (QED) is 0.650. The van der Waals surface area contributed by atoms with Gasteiger partial charge in [0.25, 0.3) is 0 Å². The molecule has 0 aliphatic rings. The molecule has 0 unspecified atom stereocenters. The molecule has 0 aliphatic carbocycles. The number of carbonyl (C=O) groups is 1. The van der Waals surface area contributed by atoms with E-state index >= 15 is 0 Å². The molecule has 0 radical (unpaired) electrons. The van der Waals surface area contributed by atoms with E-state index in [1.54, 1.807) is 0 Å². The summed E-state index contributed by atoms with van der Waals surface area (Å²) in [4.78, 5) is 10.2. The molecule has 3 nitrogen and oxygen atoms in total. The Hall–Kier alpha value is 0. The summed E-state index contributed by atoms with van der Waals surface area (Å²) in [5.41, 5.74) is 5.19. The molecule has 0 aliphatic heterocycles. The normalized spacial score (nSPS) is 11.8. The van der Waals surface area contributed by atoms with Crippen LogP contribution in [-0.4, -0.2) is 35.3 Å². The summed E-state index contributed by atoms with van der Waals surface area (Å²) in [6.07, 6.45) is 0.403. The van der Waals surface area contributed by atoms with Gasteiger partial charge in [0.2, 0.25) is 0 Å². The van der Waals surface area contributed by atoms with Crippen LogP contribution >= 0.6 is 24.2 Å². The van der Waals surface area contributed by atoms with Crippen LogP contribution in [0.2, 0.25) is 0 Å². The van der Waals surface area contributed by atoms with Gasteiger partial charge in [-0.3, -0.25) is 9.18 Å². The second-order valence-electron chi connectivity index (χ2n) is 2.03. The molecule has 0 fully saturated rings. The van der Waals surface area contributed by atoms with Crippen LogP contribution in [0.4, 0.5) is 4.39 Å². The first-order valence-electron chi connectivity index (χ1n) is 3.30. The first-order chi connectivity index (χ1) is 5.18. The first kappa shape index (κ1) is 14.5. The molecule has 0 saturated heterocycles. The molecule has 6 heteroatoms. The highest BCUT2D eigenvalue weighted by molar-refractivity contribution is 7.99. The van der Waals surface area contributed by atoms with Crippen molar-refractivity contribution in [1.29, 1.82) is 0 Å². The molecule has 3 N–H and O–H groups in total. The Labute approximate surface area is 81.3 Å². The summed E-state index contributed by atoms with van der Waals surface area (Å²) in [7, 11) is 0. The third kappa shape index (κ3) is 8.10. The van der Waals surface area contributed by atoms with Gasteiger partial charge in [-0.25, -0.2) is 0 Å². The SMILES string of the molecule is Cl.N[C@@H](CCSCCF)C(=O)O.